The summed E-state index contributed by atoms with van der Waals surface area (Å²) in [5, 5.41) is 5.52. The van der Waals surface area contributed by atoms with E-state index < -0.39 is 8.07 Å². The predicted molar refractivity (Wildman–Crippen MR) is 300 cm³/mol. The van der Waals surface area contributed by atoms with Crippen LogP contribution in [0.25, 0.3) is 44.5 Å². The van der Waals surface area contributed by atoms with Crippen molar-refractivity contribution in [1.82, 2.24) is 0 Å². The van der Waals surface area contributed by atoms with Gasteiger partial charge in [0, 0.05) is 17.1 Å². The first-order valence-electron chi connectivity index (χ1n) is 25.4. The molecule has 338 valence electrons. The Morgan fingerprint density at radius 3 is 0.814 bits per heavy atom. The van der Waals surface area contributed by atoms with Gasteiger partial charge in [-0.1, -0.05) is 212 Å². The summed E-state index contributed by atoms with van der Waals surface area (Å²) < 4.78 is 0. The zero-order valence-corrected chi connectivity index (χ0v) is 40.8. The largest absolute Gasteiger partial charge is 0.311 e. The highest BCUT2D eigenvalue weighted by molar-refractivity contribution is 7.19. The first-order valence-corrected chi connectivity index (χ1v) is 27.4. The van der Waals surface area contributed by atoms with Crippen molar-refractivity contribution in [1.29, 1.82) is 0 Å². The molecule has 0 aliphatic heterocycles. The fourth-order valence-corrected chi connectivity index (χ4v) is 16.8. The number of hydrogen-bond acceptors (Lipinski definition) is 1. The van der Waals surface area contributed by atoms with Crippen LogP contribution in [0.5, 0.6) is 0 Å². The fraction of sp³-hybridized carbons (Fsp3) is 0.118. The molecule has 2 heteroatoms. The number of fused-ring (bicyclic) bond motifs is 2. The van der Waals surface area contributed by atoms with Crippen LogP contribution in [0, 0.1) is 0 Å². The Kier molecular flexibility index (Phi) is 12.0. The van der Waals surface area contributed by atoms with E-state index in [0.29, 0.717) is 0 Å². The lowest BCUT2D eigenvalue weighted by Crippen LogP contribution is -2.74. The van der Waals surface area contributed by atoms with Crippen LogP contribution in [0.15, 0.2) is 249 Å². The maximum absolute atomic E-state index is 2.61. The van der Waals surface area contributed by atoms with Crippen LogP contribution < -0.4 is 25.6 Å². The Labute approximate surface area is 415 Å². The molecule has 0 bridgehead atoms. The minimum Gasteiger partial charge on any atom is -0.311 e. The third kappa shape index (κ3) is 8.02. The predicted octanol–water partition coefficient (Wildman–Crippen LogP) is 15.0. The van der Waals surface area contributed by atoms with Gasteiger partial charge < -0.3 is 4.90 Å². The highest BCUT2D eigenvalue weighted by atomic mass is 28.3. The van der Waals surface area contributed by atoms with E-state index in [1.807, 2.05) is 0 Å². The quantitative estimate of drug-likeness (QED) is 0.0923. The molecular formula is C68H57NSi. The SMILES string of the molecule is c1ccc(-c2ccc(N(c3ccc(-c4ccc([Si](c5ccccc5)(c5ccccc5)c5ccccc5)cc4)cc3)c3ccc(-c4c5c(c(-c6ccccc6)c6c4CCCC6)CCCC5)cc3)cc2)cc1. The monoisotopic (exact) mass is 915 g/mol. The molecule has 0 N–H and O–H groups in total. The molecule has 0 unspecified atom stereocenters. The van der Waals surface area contributed by atoms with Gasteiger partial charge in [0.15, 0.2) is 8.07 Å². The second-order valence-corrected chi connectivity index (χ2v) is 23.0. The molecule has 0 fully saturated rings. The van der Waals surface area contributed by atoms with Crippen molar-refractivity contribution in [3.05, 3.63) is 271 Å². The summed E-state index contributed by atoms with van der Waals surface area (Å²) >= 11 is 0. The van der Waals surface area contributed by atoms with Gasteiger partial charge in [0.2, 0.25) is 0 Å². The summed E-state index contributed by atoms with van der Waals surface area (Å²) in [6.45, 7) is 0. The summed E-state index contributed by atoms with van der Waals surface area (Å²) in [4.78, 5) is 2.43. The molecule has 10 aromatic carbocycles. The van der Waals surface area contributed by atoms with Crippen LogP contribution in [0.3, 0.4) is 0 Å². The van der Waals surface area contributed by atoms with E-state index in [1.54, 1.807) is 27.8 Å². The summed E-state index contributed by atoms with van der Waals surface area (Å²) in [7, 11) is -2.61. The van der Waals surface area contributed by atoms with Gasteiger partial charge in [0.25, 0.3) is 0 Å². The molecule has 10 aromatic rings. The average Bonchev–Trinajstić information content (AvgIpc) is 3.45. The van der Waals surface area contributed by atoms with Crippen LogP contribution in [0.1, 0.15) is 47.9 Å². The topological polar surface area (TPSA) is 3.24 Å². The lowest BCUT2D eigenvalue weighted by Gasteiger charge is -2.34. The van der Waals surface area contributed by atoms with Crippen molar-refractivity contribution in [3.63, 3.8) is 0 Å². The average molecular weight is 916 g/mol. The summed E-state index contributed by atoms with van der Waals surface area (Å²) in [6, 6.07) is 92.8. The van der Waals surface area contributed by atoms with Gasteiger partial charge in [-0.2, -0.15) is 0 Å². The molecule has 1 nitrogen and oxygen atoms in total. The number of anilines is 3. The smallest absolute Gasteiger partial charge is 0.179 e. The number of hydrogen-bond donors (Lipinski definition) is 0. The lowest BCUT2D eigenvalue weighted by molar-refractivity contribution is 0.662. The van der Waals surface area contributed by atoms with Crippen LogP contribution >= 0.6 is 0 Å². The van der Waals surface area contributed by atoms with Gasteiger partial charge in [0.05, 0.1) is 0 Å². The number of rotatable bonds is 11. The fourth-order valence-electron chi connectivity index (χ4n) is 12.0. The van der Waals surface area contributed by atoms with E-state index in [1.165, 1.54) is 98.2 Å². The molecule has 0 saturated carbocycles. The van der Waals surface area contributed by atoms with Crippen molar-refractivity contribution in [3.8, 4) is 44.5 Å². The Hall–Kier alpha value is -7.78. The van der Waals surface area contributed by atoms with Gasteiger partial charge in [-0.05, 0) is 175 Å². The Bertz CT molecular complexity index is 3220. The number of benzene rings is 10. The summed E-state index contributed by atoms with van der Waals surface area (Å²) in [5.74, 6) is 0. The minimum absolute atomic E-state index is 1.13. The van der Waals surface area contributed by atoms with Crippen molar-refractivity contribution in [2.24, 2.45) is 0 Å². The molecule has 70 heavy (non-hydrogen) atoms. The summed E-state index contributed by atoms with van der Waals surface area (Å²) in [6.07, 6.45) is 9.71. The normalized spacial score (nSPS) is 13.3. The van der Waals surface area contributed by atoms with E-state index in [9.17, 15) is 0 Å². The molecule has 0 heterocycles. The van der Waals surface area contributed by atoms with Crippen LogP contribution in [-0.2, 0) is 25.7 Å². The molecule has 0 spiro atoms. The van der Waals surface area contributed by atoms with E-state index in [0.717, 1.165) is 29.9 Å². The molecule has 2 aliphatic rings. The van der Waals surface area contributed by atoms with Crippen molar-refractivity contribution in [2.75, 3.05) is 4.90 Å². The number of nitrogens with zero attached hydrogens (tertiary/aromatic N) is 1. The third-order valence-corrected chi connectivity index (χ3v) is 20.0. The van der Waals surface area contributed by atoms with Crippen LogP contribution in [0.2, 0.25) is 0 Å². The Balaban J connectivity index is 0.923. The van der Waals surface area contributed by atoms with Crippen LogP contribution in [0.4, 0.5) is 17.1 Å². The van der Waals surface area contributed by atoms with Crippen molar-refractivity contribution < 1.29 is 0 Å². The molecule has 0 amide bonds. The van der Waals surface area contributed by atoms with E-state index >= 15 is 0 Å². The maximum Gasteiger partial charge on any atom is 0.179 e. The van der Waals surface area contributed by atoms with Crippen molar-refractivity contribution >= 4 is 45.9 Å². The molecule has 0 saturated heterocycles. The molecule has 12 rings (SSSR count). The minimum atomic E-state index is -2.61. The second kappa shape index (κ2) is 19.3. The molecule has 2 aliphatic carbocycles. The highest BCUT2D eigenvalue weighted by Gasteiger charge is 2.41. The Morgan fingerprint density at radius 1 is 0.229 bits per heavy atom. The van der Waals surface area contributed by atoms with Gasteiger partial charge in [-0.15, -0.1) is 0 Å². The van der Waals surface area contributed by atoms with E-state index in [-0.39, 0.29) is 0 Å². The van der Waals surface area contributed by atoms with Crippen LogP contribution in [-0.4, -0.2) is 8.07 Å². The standard InChI is InChI=1S/C68H57NSi/c1-6-20-50(21-7-1)51-34-42-56(43-35-51)69(58-46-38-55(39-47-58)68-65-32-18-16-30-63(65)67(54-22-8-2-9-23-54)64-31-17-19-33-66(64)68)57-44-36-52(37-45-57)53-40-48-62(49-41-53)70(59-24-10-3-11-25-59,60-26-12-4-13-27-60)61-28-14-5-15-29-61/h1-15,20-29,34-49H,16-19,30-33H2. The first-order chi connectivity index (χ1) is 34.7. The van der Waals surface area contributed by atoms with Gasteiger partial charge in [-0.25, -0.2) is 0 Å². The highest BCUT2D eigenvalue weighted by Crippen LogP contribution is 2.47. The molecule has 0 radical (unpaired) electrons. The maximum atomic E-state index is 2.43. The lowest BCUT2D eigenvalue weighted by atomic mass is 9.73. The first kappa shape index (κ1) is 43.5. The molecule has 0 aromatic heterocycles. The third-order valence-electron chi connectivity index (χ3n) is 15.2. The molecule has 0 atom stereocenters. The summed E-state index contributed by atoms with van der Waals surface area (Å²) in [5.41, 5.74) is 20.5. The van der Waals surface area contributed by atoms with Gasteiger partial charge >= 0.3 is 0 Å². The molecular weight excluding hydrogens is 859 g/mol. The zero-order valence-electron chi connectivity index (χ0n) is 39.8. The van der Waals surface area contributed by atoms with Crippen molar-refractivity contribution in [2.45, 2.75) is 51.4 Å². The van der Waals surface area contributed by atoms with Gasteiger partial charge in [0.1, 0.15) is 0 Å². The second-order valence-electron chi connectivity index (χ2n) is 19.2. The van der Waals surface area contributed by atoms with E-state index in [4.69, 9.17) is 0 Å². The van der Waals surface area contributed by atoms with E-state index in [2.05, 4.69) is 254 Å². The Morgan fingerprint density at radius 2 is 0.471 bits per heavy atom. The zero-order chi connectivity index (χ0) is 46.7. The van der Waals surface area contributed by atoms with Gasteiger partial charge in [-0.3, -0.25) is 0 Å².